The number of rotatable bonds is 7. The van der Waals surface area contributed by atoms with Gasteiger partial charge in [0.2, 0.25) is 5.91 Å². The molecule has 0 saturated carbocycles. The van der Waals surface area contributed by atoms with Gasteiger partial charge in [0.15, 0.2) is 0 Å². The second-order valence-electron chi connectivity index (χ2n) is 5.15. The van der Waals surface area contributed by atoms with Crippen molar-refractivity contribution in [2.75, 3.05) is 13.2 Å². The molecule has 2 N–H and O–H groups in total. The molecule has 0 aliphatic rings. The predicted octanol–water partition coefficient (Wildman–Crippen LogP) is 2.65. The Hall–Kier alpha value is -2.53. The van der Waals surface area contributed by atoms with Crippen LogP contribution in [0, 0.1) is 0 Å². The van der Waals surface area contributed by atoms with Gasteiger partial charge in [0.25, 0.3) is 5.91 Å². The molecule has 0 bridgehead atoms. The molecule has 24 heavy (non-hydrogen) atoms. The molecule has 2 rings (SSSR count). The van der Waals surface area contributed by atoms with E-state index in [9.17, 15) is 9.59 Å². The van der Waals surface area contributed by atoms with Gasteiger partial charge in [-0.3, -0.25) is 9.59 Å². The molecule has 6 heteroatoms. The normalized spacial score (nSPS) is 11.4. The Labute approximate surface area is 146 Å². The first-order chi connectivity index (χ1) is 11.6. The van der Waals surface area contributed by atoms with E-state index in [-0.39, 0.29) is 11.8 Å². The maximum Gasteiger partial charge on any atom is 0.251 e. The monoisotopic (exact) mass is 346 g/mol. The summed E-state index contributed by atoms with van der Waals surface area (Å²) in [5.41, 5.74) is 0.450. The number of para-hydroxylation sites is 1. The van der Waals surface area contributed by atoms with Crippen molar-refractivity contribution in [2.24, 2.45) is 0 Å². The Morgan fingerprint density at radius 1 is 1.08 bits per heavy atom. The van der Waals surface area contributed by atoms with Gasteiger partial charge in [0, 0.05) is 10.6 Å². The summed E-state index contributed by atoms with van der Waals surface area (Å²) in [6.07, 6.45) is 0. The van der Waals surface area contributed by atoms with Crippen LogP contribution in [0.2, 0.25) is 5.02 Å². The average molecular weight is 347 g/mol. The van der Waals surface area contributed by atoms with Crippen LogP contribution in [-0.2, 0) is 4.79 Å². The molecule has 1 atom stereocenters. The summed E-state index contributed by atoms with van der Waals surface area (Å²) in [5.74, 6) is 0.152. The molecular formula is C18H19ClN2O3. The first kappa shape index (κ1) is 17.8. The van der Waals surface area contributed by atoms with Crippen molar-refractivity contribution in [3.05, 3.63) is 65.2 Å². The number of benzene rings is 2. The van der Waals surface area contributed by atoms with Crippen LogP contribution in [-0.4, -0.2) is 31.0 Å². The largest absolute Gasteiger partial charge is 0.492 e. The van der Waals surface area contributed by atoms with Crippen molar-refractivity contribution < 1.29 is 14.3 Å². The van der Waals surface area contributed by atoms with Crippen molar-refractivity contribution in [3.63, 3.8) is 0 Å². The van der Waals surface area contributed by atoms with E-state index in [2.05, 4.69) is 10.6 Å². The number of carbonyl (C=O) groups is 2. The van der Waals surface area contributed by atoms with Crippen LogP contribution in [0.3, 0.4) is 0 Å². The van der Waals surface area contributed by atoms with Crippen molar-refractivity contribution in [1.82, 2.24) is 10.6 Å². The number of halogens is 1. The van der Waals surface area contributed by atoms with E-state index in [1.165, 1.54) is 0 Å². The van der Waals surface area contributed by atoms with Crippen LogP contribution in [0.4, 0.5) is 0 Å². The molecule has 0 spiro atoms. The summed E-state index contributed by atoms with van der Waals surface area (Å²) in [5, 5.41) is 5.91. The predicted molar refractivity (Wildman–Crippen MR) is 93.3 cm³/mol. The fourth-order valence-electron chi connectivity index (χ4n) is 1.96. The lowest BCUT2D eigenvalue weighted by molar-refractivity contribution is -0.122. The number of hydrogen-bond donors (Lipinski definition) is 2. The molecule has 0 aromatic heterocycles. The number of ether oxygens (including phenoxy) is 1. The minimum atomic E-state index is -0.648. The Balaban J connectivity index is 1.71. The summed E-state index contributed by atoms with van der Waals surface area (Å²) < 4.78 is 5.48. The van der Waals surface area contributed by atoms with Gasteiger partial charge in [-0.25, -0.2) is 0 Å². The quantitative estimate of drug-likeness (QED) is 0.757. The zero-order valence-corrected chi connectivity index (χ0v) is 14.0. The van der Waals surface area contributed by atoms with Gasteiger partial charge >= 0.3 is 0 Å². The molecule has 5 nitrogen and oxygen atoms in total. The molecule has 0 fully saturated rings. The van der Waals surface area contributed by atoms with Crippen LogP contribution < -0.4 is 15.4 Å². The number of carbonyl (C=O) groups excluding carboxylic acids is 2. The molecule has 2 aromatic carbocycles. The van der Waals surface area contributed by atoms with Gasteiger partial charge in [-0.15, -0.1) is 0 Å². The third-order valence-electron chi connectivity index (χ3n) is 3.26. The van der Waals surface area contributed by atoms with E-state index < -0.39 is 6.04 Å². The third-order valence-corrected chi connectivity index (χ3v) is 3.51. The molecule has 0 radical (unpaired) electrons. The number of nitrogens with one attached hydrogen (secondary N) is 2. The third kappa shape index (κ3) is 5.59. The van der Waals surface area contributed by atoms with E-state index >= 15 is 0 Å². The zero-order valence-electron chi connectivity index (χ0n) is 13.3. The van der Waals surface area contributed by atoms with Gasteiger partial charge in [0.1, 0.15) is 18.4 Å². The Morgan fingerprint density at radius 2 is 1.75 bits per heavy atom. The summed E-state index contributed by atoms with van der Waals surface area (Å²) in [7, 11) is 0. The summed E-state index contributed by atoms with van der Waals surface area (Å²) >= 11 is 5.78. The Kier molecular flexibility index (Phi) is 6.63. The molecule has 0 aliphatic heterocycles. The average Bonchev–Trinajstić information content (AvgIpc) is 2.60. The topological polar surface area (TPSA) is 67.4 Å². The highest BCUT2D eigenvalue weighted by molar-refractivity contribution is 6.30. The van der Waals surface area contributed by atoms with Gasteiger partial charge in [-0.2, -0.15) is 0 Å². The molecule has 0 saturated heterocycles. The molecule has 2 amide bonds. The van der Waals surface area contributed by atoms with Gasteiger partial charge in [-0.05, 0) is 43.3 Å². The summed E-state index contributed by atoms with van der Waals surface area (Å²) in [6.45, 7) is 2.34. The van der Waals surface area contributed by atoms with Crippen molar-refractivity contribution in [2.45, 2.75) is 13.0 Å². The number of amides is 2. The Bertz CT molecular complexity index is 674. The van der Waals surface area contributed by atoms with E-state index in [1.807, 2.05) is 30.3 Å². The second-order valence-corrected chi connectivity index (χ2v) is 5.59. The van der Waals surface area contributed by atoms with Crippen molar-refractivity contribution in [1.29, 1.82) is 0 Å². The molecular weight excluding hydrogens is 328 g/mol. The lowest BCUT2D eigenvalue weighted by Gasteiger charge is -2.14. The molecule has 0 aliphatic carbocycles. The SMILES string of the molecule is CC(NC(=O)c1ccc(Cl)cc1)C(=O)NCCOc1ccccc1. The maximum atomic E-state index is 12.0. The van der Waals surface area contributed by atoms with Gasteiger partial charge < -0.3 is 15.4 Å². The molecule has 1 unspecified atom stereocenters. The van der Waals surface area contributed by atoms with Crippen molar-refractivity contribution in [3.8, 4) is 5.75 Å². The van der Waals surface area contributed by atoms with E-state index in [1.54, 1.807) is 31.2 Å². The van der Waals surface area contributed by atoms with Crippen molar-refractivity contribution >= 4 is 23.4 Å². The first-order valence-electron chi connectivity index (χ1n) is 7.58. The smallest absolute Gasteiger partial charge is 0.251 e. The minimum Gasteiger partial charge on any atom is -0.492 e. The van der Waals surface area contributed by atoms with Crippen LogP contribution in [0.1, 0.15) is 17.3 Å². The van der Waals surface area contributed by atoms with Gasteiger partial charge in [-0.1, -0.05) is 29.8 Å². The van der Waals surface area contributed by atoms with E-state index in [0.717, 1.165) is 5.75 Å². The highest BCUT2D eigenvalue weighted by atomic mass is 35.5. The zero-order chi connectivity index (χ0) is 17.4. The van der Waals surface area contributed by atoms with Gasteiger partial charge in [0.05, 0.1) is 6.54 Å². The fourth-order valence-corrected chi connectivity index (χ4v) is 2.09. The lowest BCUT2D eigenvalue weighted by atomic mass is 10.2. The molecule has 2 aromatic rings. The highest BCUT2D eigenvalue weighted by Gasteiger charge is 2.16. The Morgan fingerprint density at radius 3 is 2.42 bits per heavy atom. The standard InChI is InChI=1S/C18H19ClN2O3/c1-13(21-18(23)14-7-9-15(19)10-8-14)17(22)20-11-12-24-16-5-3-2-4-6-16/h2-10,13H,11-12H2,1H3,(H,20,22)(H,21,23). The summed E-state index contributed by atoms with van der Waals surface area (Å²) in [4.78, 5) is 24.0. The van der Waals surface area contributed by atoms with Crippen LogP contribution >= 0.6 is 11.6 Å². The van der Waals surface area contributed by atoms with Crippen LogP contribution in [0.15, 0.2) is 54.6 Å². The lowest BCUT2D eigenvalue weighted by Crippen LogP contribution is -2.45. The van der Waals surface area contributed by atoms with E-state index in [0.29, 0.717) is 23.7 Å². The fraction of sp³-hybridized carbons (Fsp3) is 0.222. The van der Waals surface area contributed by atoms with E-state index in [4.69, 9.17) is 16.3 Å². The molecule has 0 heterocycles. The minimum absolute atomic E-state index is 0.269. The number of hydrogen-bond acceptors (Lipinski definition) is 3. The van der Waals surface area contributed by atoms with Crippen LogP contribution in [0.25, 0.3) is 0 Å². The second kappa shape index (κ2) is 8.93. The summed E-state index contributed by atoms with van der Waals surface area (Å²) in [6, 6.07) is 15.2. The maximum absolute atomic E-state index is 12.0. The highest BCUT2D eigenvalue weighted by Crippen LogP contribution is 2.09. The molecule has 126 valence electrons. The first-order valence-corrected chi connectivity index (χ1v) is 7.96. The van der Waals surface area contributed by atoms with Crippen LogP contribution in [0.5, 0.6) is 5.75 Å².